The Morgan fingerprint density at radius 2 is 1.77 bits per heavy atom. The first kappa shape index (κ1) is 22.1. The van der Waals surface area contributed by atoms with Crippen LogP contribution in [0.1, 0.15) is 5.56 Å². The third-order valence-corrected chi connectivity index (χ3v) is 6.97. The van der Waals surface area contributed by atoms with Crippen molar-refractivity contribution in [2.24, 2.45) is 0 Å². The maximum Gasteiger partial charge on any atom is 0.326 e. The Balaban J connectivity index is 2.07. The molecule has 0 aliphatic carbocycles. The molecule has 1 aliphatic rings. The molecule has 9 heteroatoms. The van der Waals surface area contributed by atoms with Crippen LogP contribution in [-0.4, -0.2) is 65.8 Å². The average molecular weight is 435 g/mol. The molecule has 0 spiro atoms. The lowest BCUT2D eigenvalue weighted by atomic mass is 10.1. The van der Waals surface area contributed by atoms with Gasteiger partial charge in [-0.05, 0) is 35.9 Å². The molecule has 30 heavy (non-hydrogen) atoms. The molecule has 0 aromatic heterocycles. The minimum Gasteiger partial charge on any atom is -0.497 e. The van der Waals surface area contributed by atoms with E-state index in [4.69, 9.17) is 14.2 Å². The van der Waals surface area contributed by atoms with E-state index in [1.807, 2.05) is 29.2 Å². The molecule has 0 amide bonds. The van der Waals surface area contributed by atoms with Gasteiger partial charge in [0.15, 0.2) is 0 Å². The van der Waals surface area contributed by atoms with Gasteiger partial charge >= 0.3 is 5.97 Å². The number of hydrogen-bond acceptors (Lipinski definition) is 7. The number of ether oxygens (including phenoxy) is 3. The van der Waals surface area contributed by atoms with Crippen molar-refractivity contribution in [3.8, 4) is 5.75 Å². The first-order valence-corrected chi connectivity index (χ1v) is 10.9. The van der Waals surface area contributed by atoms with E-state index < -0.39 is 22.0 Å². The van der Waals surface area contributed by atoms with Gasteiger partial charge in [-0.3, -0.25) is 4.79 Å². The molecule has 0 N–H and O–H groups in total. The van der Waals surface area contributed by atoms with Gasteiger partial charge in [0.1, 0.15) is 11.8 Å². The van der Waals surface area contributed by atoms with Crippen LogP contribution in [0, 0.1) is 0 Å². The molecule has 0 saturated heterocycles. The van der Waals surface area contributed by atoms with Gasteiger partial charge in [-0.25, -0.2) is 8.42 Å². The Morgan fingerprint density at radius 1 is 1.07 bits per heavy atom. The third kappa shape index (κ3) is 4.43. The molecule has 0 bridgehead atoms. The zero-order valence-electron chi connectivity index (χ0n) is 17.3. The van der Waals surface area contributed by atoms with Gasteiger partial charge in [0.2, 0.25) is 10.0 Å². The quantitative estimate of drug-likeness (QED) is 0.615. The molecule has 8 nitrogen and oxygen atoms in total. The van der Waals surface area contributed by atoms with Crippen LogP contribution >= 0.6 is 0 Å². The Kier molecular flexibility index (Phi) is 6.96. The van der Waals surface area contributed by atoms with E-state index >= 15 is 0 Å². The van der Waals surface area contributed by atoms with Crippen LogP contribution in [0.2, 0.25) is 0 Å². The molecule has 2 aromatic rings. The summed E-state index contributed by atoms with van der Waals surface area (Å²) < 4.78 is 43.6. The molecule has 1 atom stereocenters. The molecule has 1 heterocycles. The number of methoxy groups -OCH3 is 3. The van der Waals surface area contributed by atoms with E-state index in [-0.39, 0.29) is 18.0 Å². The smallest absolute Gasteiger partial charge is 0.326 e. The van der Waals surface area contributed by atoms with Crippen LogP contribution in [0.25, 0.3) is 0 Å². The minimum atomic E-state index is -3.98. The number of esters is 1. The van der Waals surface area contributed by atoms with Gasteiger partial charge in [-0.1, -0.05) is 18.2 Å². The summed E-state index contributed by atoms with van der Waals surface area (Å²) in [6, 6.07) is 12.6. The second-order valence-corrected chi connectivity index (χ2v) is 8.72. The van der Waals surface area contributed by atoms with E-state index in [9.17, 15) is 13.2 Å². The lowest BCUT2D eigenvalue weighted by Crippen LogP contribution is -2.50. The fourth-order valence-corrected chi connectivity index (χ4v) is 5.05. The van der Waals surface area contributed by atoms with Crippen molar-refractivity contribution >= 4 is 21.7 Å². The summed E-state index contributed by atoms with van der Waals surface area (Å²) in [5, 5.41) is 0. The predicted molar refractivity (Wildman–Crippen MR) is 112 cm³/mol. The average Bonchev–Trinajstić information content (AvgIpc) is 2.94. The predicted octanol–water partition coefficient (Wildman–Crippen LogP) is 1.89. The molecular weight excluding hydrogens is 408 g/mol. The van der Waals surface area contributed by atoms with Gasteiger partial charge < -0.3 is 19.1 Å². The molecule has 0 saturated carbocycles. The highest BCUT2D eigenvalue weighted by atomic mass is 32.2. The number of benzene rings is 2. The Hall–Kier alpha value is -2.62. The van der Waals surface area contributed by atoms with Crippen molar-refractivity contribution in [2.45, 2.75) is 17.5 Å². The number of nitrogens with zero attached hydrogens (tertiary/aromatic N) is 2. The maximum absolute atomic E-state index is 13.5. The summed E-state index contributed by atoms with van der Waals surface area (Å²) >= 11 is 0. The van der Waals surface area contributed by atoms with E-state index in [0.717, 1.165) is 11.3 Å². The minimum absolute atomic E-state index is 0.0494. The fraction of sp³-hybridized carbons (Fsp3) is 0.381. The summed E-state index contributed by atoms with van der Waals surface area (Å²) in [5.41, 5.74) is 1.67. The first-order chi connectivity index (χ1) is 14.4. The highest BCUT2D eigenvalue weighted by molar-refractivity contribution is 7.89. The van der Waals surface area contributed by atoms with Crippen molar-refractivity contribution in [3.63, 3.8) is 0 Å². The van der Waals surface area contributed by atoms with E-state index in [1.165, 1.54) is 30.7 Å². The Bertz CT molecular complexity index is 977. The second kappa shape index (κ2) is 9.46. The van der Waals surface area contributed by atoms with Gasteiger partial charge in [0, 0.05) is 32.4 Å². The molecular formula is C21H26N2O6S. The molecule has 1 aliphatic heterocycles. The highest BCUT2D eigenvalue weighted by Gasteiger charge is 2.40. The Morgan fingerprint density at radius 3 is 2.40 bits per heavy atom. The number of fused-ring (bicyclic) bond motifs is 1. The maximum atomic E-state index is 13.5. The number of para-hydroxylation sites is 1. The van der Waals surface area contributed by atoms with Crippen molar-refractivity contribution in [2.75, 3.05) is 45.9 Å². The van der Waals surface area contributed by atoms with Crippen molar-refractivity contribution in [1.29, 1.82) is 0 Å². The number of anilines is 1. The number of sulfonamides is 1. The summed E-state index contributed by atoms with van der Waals surface area (Å²) in [6.45, 7) is 1.15. The van der Waals surface area contributed by atoms with E-state index in [0.29, 0.717) is 18.9 Å². The normalized spacial score (nSPS) is 17.2. The number of hydrogen-bond donors (Lipinski definition) is 0. The van der Waals surface area contributed by atoms with Crippen LogP contribution in [0.5, 0.6) is 5.75 Å². The topological polar surface area (TPSA) is 85.4 Å². The van der Waals surface area contributed by atoms with Crippen LogP contribution in [0.15, 0.2) is 53.4 Å². The summed E-state index contributed by atoms with van der Waals surface area (Å²) in [7, 11) is 0.390. The summed E-state index contributed by atoms with van der Waals surface area (Å²) in [4.78, 5) is 14.7. The highest BCUT2D eigenvalue weighted by Crippen LogP contribution is 2.31. The van der Waals surface area contributed by atoms with Gasteiger partial charge in [0.25, 0.3) is 0 Å². The zero-order chi connectivity index (χ0) is 21.7. The number of carbonyl (C=O) groups excluding carboxylic acids is 1. The van der Waals surface area contributed by atoms with Crippen molar-refractivity contribution in [3.05, 3.63) is 54.1 Å². The molecule has 3 rings (SSSR count). The molecule has 162 valence electrons. The fourth-order valence-electron chi connectivity index (χ4n) is 3.51. The monoisotopic (exact) mass is 434 g/mol. The number of carbonyl (C=O) groups is 1. The number of rotatable bonds is 7. The van der Waals surface area contributed by atoms with Crippen LogP contribution in [-0.2, 0) is 30.8 Å². The zero-order valence-corrected chi connectivity index (χ0v) is 18.1. The van der Waals surface area contributed by atoms with Gasteiger partial charge in [0.05, 0.1) is 25.7 Å². The SMILES string of the molecule is COCCN1CC(C(=O)OC)N(S(=O)(=O)c2ccc(OC)cc2)Cc2ccccc21. The Labute approximate surface area is 177 Å². The van der Waals surface area contributed by atoms with Gasteiger partial charge in [-0.15, -0.1) is 0 Å². The van der Waals surface area contributed by atoms with Crippen LogP contribution in [0.3, 0.4) is 0 Å². The van der Waals surface area contributed by atoms with E-state index in [2.05, 4.69) is 0 Å². The van der Waals surface area contributed by atoms with Crippen molar-refractivity contribution in [1.82, 2.24) is 4.31 Å². The lowest BCUT2D eigenvalue weighted by molar-refractivity contribution is -0.144. The largest absolute Gasteiger partial charge is 0.497 e. The first-order valence-electron chi connectivity index (χ1n) is 9.48. The standard InChI is InChI=1S/C21H26N2O6S/c1-27-13-12-22-15-20(21(24)29-3)23(14-16-6-4-5-7-19(16)22)30(25,26)18-10-8-17(28-2)9-11-18/h4-11,20H,12-15H2,1-3H3. The van der Waals surface area contributed by atoms with Crippen molar-refractivity contribution < 1.29 is 27.4 Å². The molecule has 0 radical (unpaired) electrons. The molecule has 2 aromatic carbocycles. The summed E-state index contributed by atoms with van der Waals surface area (Å²) in [5.74, 6) is -0.0623. The summed E-state index contributed by atoms with van der Waals surface area (Å²) in [6.07, 6.45) is 0. The molecule has 1 unspecified atom stereocenters. The third-order valence-electron chi connectivity index (χ3n) is 5.10. The van der Waals surface area contributed by atoms with E-state index in [1.54, 1.807) is 19.2 Å². The lowest BCUT2D eigenvalue weighted by Gasteiger charge is -2.30. The second-order valence-electron chi connectivity index (χ2n) is 6.83. The molecule has 0 fully saturated rings. The van der Waals surface area contributed by atoms with Crippen LogP contribution in [0.4, 0.5) is 5.69 Å². The van der Waals surface area contributed by atoms with Crippen LogP contribution < -0.4 is 9.64 Å². The van der Waals surface area contributed by atoms with Gasteiger partial charge in [-0.2, -0.15) is 4.31 Å².